The second kappa shape index (κ2) is 2.83. The zero-order chi connectivity index (χ0) is 6.69. The third kappa shape index (κ3) is 1.68. The summed E-state index contributed by atoms with van der Waals surface area (Å²) in [5.41, 5.74) is 1.38. The first kappa shape index (κ1) is 6.56. The van der Waals surface area contributed by atoms with Gasteiger partial charge in [-0.05, 0) is 20.4 Å². The lowest BCUT2D eigenvalue weighted by molar-refractivity contribution is 0.669. The van der Waals surface area contributed by atoms with Crippen molar-refractivity contribution < 1.29 is 0 Å². The van der Waals surface area contributed by atoms with E-state index in [1.54, 1.807) is 0 Å². The van der Waals surface area contributed by atoms with Crippen LogP contribution in [-0.2, 0) is 0 Å². The van der Waals surface area contributed by atoms with Gasteiger partial charge >= 0.3 is 0 Å². The highest BCUT2D eigenvalue weighted by atomic mass is 14.9. The Morgan fingerprint density at radius 3 is 2.89 bits per heavy atom. The number of allylic oxidation sites excluding steroid dienone is 2. The summed E-state index contributed by atoms with van der Waals surface area (Å²) < 4.78 is 0. The predicted molar refractivity (Wildman–Crippen MR) is 40.4 cm³/mol. The zero-order valence-electron chi connectivity index (χ0n) is 6.02. The lowest BCUT2D eigenvalue weighted by atomic mass is 10.0. The van der Waals surface area contributed by atoms with Crippen LogP contribution >= 0.6 is 0 Å². The van der Waals surface area contributed by atoms with E-state index in [2.05, 4.69) is 30.5 Å². The van der Waals surface area contributed by atoms with E-state index in [1.807, 2.05) is 7.05 Å². The van der Waals surface area contributed by atoms with E-state index in [0.717, 1.165) is 6.42 Å². The van der Waals surface area contributed by atoms with Crippen LogP contribution in [0.15, 0.2) is 23.8 Å². The van der Waals surface area contributed by atoms with Crippen LogP contribution in [0, 0.1) is 0 Å². The first-order valence-electron chi connectivity index (χ1n) is 3.35. The SMILES string of the molecule is CNC1C=CC(C)=CC1. The fraction of sp³-hybridized carbons (Fsp3) is 0.500. The summed E-state index contributed by atoms with van der Waals surface area (Å²) in [5.74, 6) is 0. The normalized spacial score (nSPS) is 26.0. The number of rotatable bonds is 1. The molecule has 0 fully saturated rings. The van der Waals surface area contributed by atoms with Gasteiger partial charge in [0.15, 0.2) is 0 Å². The average Bonchev–Trinajstić information content (AvgIpc) is 1.90. The maximum absolute atomic E-state index is 3.19. The molecule has 0 saturated carbocycles. The Morgan fingerprint density at radius 1 is 1.67 bits per heavy atom. The van der Waals surface area contributed by atoms with Crippen molar-refractivity contribution in [2.24, 2.45) is 0 Å². The number of nitrogens with one attached hydrogen (secondary N) is 1. The Bertz CT molecular complexity index is 145. The molecule has 0 spiro atoms. The maximum Gasteiger partial charge on any atom is 0.0285 e. The van der Waals surface area contributed by atoms with E-state index in [4.69, 9.17) is 0 Å². The van der Waals surface area contributed by atoms with E-state index < -0.39 is 0 Å². The quantitative estimate of drug-likeness (QED) is 0.557. The number of likely N-dealkylation sites (N-methyl/N-ethyl adjacent to an activating group) is 1. The molecule has 0 aromatic carbocycles. The van der Waals surface area contributed by atoms with Gasteiger partial charge in [0.05, 0.1) is 0 Å². The third-order valence-corrected chi connectivity index (χ3v) is 1.66. The smallest absolute Gasteiger partial charge is 0.0285 e. The summed E-state index contributed by atoms with van der Waals surface area (Å²) >= 11 is 0. The monoisotopic (exact) mass is 123 g/mol. The van der Waals surface area contributed by atoms with Crippen molar-refractivity contribution in [3.8, 4) is 0 Å². The summed E-state index contributed by atoms with van der Waals surface area (Å²) in [4.78, 5) is 0. The van der Waals surface area contributed by atoms with Crippen LogP contribution in [0.25, 0.3) is 0 Å². The van der Waals surface area contributed by atoms with Gasteiger partial charge in [-0.1, -0.05) is 23.8 Å². The van der Waals surface area contributed by atoms with Crippen LogP contribution in [0.2, 0.25) is 0 Å². The van der Waals surface area contributed by atoms with Crippen LogP contribution in [-0.4, -0.2) is 13.1 Å². The van der Waals surface area contributed by atoms with E-state index in [9.17, 15) is 0 Å². The predicted octanol–water partition coefficient (Wildman–Crippen LogP) is 1.48. The van der Waals surface area contributed by atoms with Gasteiger partial charge in [-0.15, -0.1) is 0 Å². The van der Waals surface area contributed by atoms with Crippen molar-refractivity contribution in [2.75, 3.05) is 7.05 Å². The molecule has 0 aliphatic heterocycles. The molecule has 0 saturated heterocycles. The summed E-state index contributed by atoms with van der Waals surface area (Å²) in [6.45, 7) is 2.13. The molecule has 1 aliphatic rings. The fourth-order valence-corrected chi connectivity index (χ4v) is 0.941. The second-order valence-electron chi connectivity index (χ2n) is 2.44. The molecule has 0 aromatic rings. The highest BCUT2D eigenvalue weighted by Gasteiger charge is 2.01. The Morgan fingerprint density at radius 2 is 2.44 bits per heavy atom. The molecular formula is C8H13N. The van der Waals surface area contributed by atoms with E-state index in [1.165, 1.54) is 5.57 Å². The highest BCUT2D eigenvalue weighted by molar-refractivity contribution is 5.22. The molecule has 0 aromatic heterocycles. The van der Waals surface area contributed by atoms with Gasteiger partial charge in [-0.3, -0.25) is 0 Å². The molecule has 1 aliphatic carbocycles. The summed E-state index contributed by atoms with van der Waals surface area (Å²) in [5, 5.41) is 3.19. The largest absolute Gasteiger partial charge is 0.313 e. The van der Waals surface area contributed by atoms with Crippen molar-refractivity contribution in [2.45, 2.75) is 19.4 Å². The average molecular weight is 123 g/mol. The van der Waals surface area contributed by atoms with Gasteiger partial charge in [0.1, 0.15) is 0 Å². The van der Waals surface area contributed by atoms with Gasteiger partial charge in [-0.25, -0.2) is 0 Å². The summed E-state index contributed by atoms with van der Waals surface area (Å²) in [6.07, 6.45) is 7.75. The molecule has 1 nitrogen and oxygen atoms in total. The van der Waals surface area contributed by atoms with Crippen LogP contribution in [0.5, 0.6) is 0 Å². The number of hydrogen-bond acceptors (Lipinski definition) is 1. The first-order valence-corrected chi connectivity index (χ1v) is 3.35. The molecule has 0 bridgehead atoms. The van der Waals surface area contributed by atoms with Crippen molar-refractivity contribution in [1.82, 2.24) is 5.32 Å². The van der Waals surface area contributed by atoms with E-state index in [0.29, 0.717) is 6.04 Å². The topological polar surface area (TPSA) is 12.0 Å². The maximum atomic E-state index is 3.19. The summed E-state index contributed by atoms with van der Waals surface area (Å²) in [7, 11) is 1.99. The molecule has 1 heteroatoms. The lowest BCUT2D eigenvalue weighted by Crippen LogP contribution is -2.22. The minimum absolute atomic E-state index is 0.564. The minimum Gasteiger partial charge on any atom is -0.313 e. The van der Waals surface area contributed by atoms with Crippen LogP contribution in [0.3, 0.4) is 0 Å². The van der Waals surface area contributed by atoms with Crippen molar-refractivity contribution >= 4 is 0 Å². The van der Waals surface area contributed by atoms with Gasteiger partial charge in [0.25, 0.3) is 0 Å². The third-order valence-electron chi connectivity index (χ3n) is 1.66. The minimum atomic E-state index is 0.564. The van der Waals surface area contributed by atoms with Crippen molar-refractivity contribution in [3.63, 3.8) is 0 Å². The Balaban J connectivity index is 2.48. The van der Waals surface area contributed by atoms with Crippen molar-refractivity contribution in [3.05, 3.63) is 23.8 Å². The van der Waals surface area contributed by atoms with Gasteiger partial charge in [0.2, 0.25) is 0 Å². The van der Waals surface area contributed by atoms with Gasteiger partial charge in [0, 0.05) is 6.04 Å². The Hall–Kier alpha value is -0.560. The summed E-state index contributed by atoms with van der Waals surface area (Å²) in [6, 6.07) is 0.564. The van der Waals surface area contributed by atoms with Crippen LogP contribution in [0.4, 0.5) is 0 Å². The van der Waals surface area contributed by atoms with E-state index >= 15 is 0 Å². The van der Waals surface area contributed by atoms with Gasteiger partial charge < -0.3 is 5.32 Å². The standard InChI is InChI=1S/C8H13N/c1-7-3-5-8(9-2)6-4-7/h3-5,8-9H,6H2,1-2H3. The molecular weight excluding hydrogens is 110 g/mol. The first-order chi connectivity index (χ1) is 4.33. The lowest BCUT2D eigenvalue weighted by Gasteiger charge is -2.12. The van der Waals surface area contributed by atoms with Crippen LogP contribution < -0.4 is 5.32 Å². The Labute approximate surface area is 56.5 Å². The molecule has 0 heterocycles. The fourth-order valence-electron chi connectivity index (χ4n) is 0.941. The van der Waals surface area contributed by atoms with Gasteiger partial charge in [-0.2, -0.15) is 0 Å². The molecule has 0 radical (unpaired) electrons. The molecule has 9 heavy (non-hydrogen) atoms. The number of hydrogen-bond donors (Lipinski definition) is 1. The molecule has 0 amide bonds. The molecule has 1 N–H and O–H groups in total. The molecule has 1 unspecified atom stereocenters. The molecule has 1 rings (SSSR count). The van der Waals surface area contributed by atoms with E-state index in [-0.39, 0.29) is 0 Å². The van der Waals surface area contributed by atoms with Crippen molar-refractivity contribution in [1.29, 1.82) is 0 Å². The molecule has 1 atom stereocenters. The second-order valence-corrected chi connectivity index (χ2v) is 2.44. The highest BCUT2D eigenvalue weighted by Crippen LogP contribution is 2.08. The Kier molecular flexibility index (Phi) is 2.06. The van der Waals surface area contributed by atoms with Crippen LogP contribution in [0.1, 0.15) is 13.3 Å². The zero-order valence-corrected chi connectivity index (χ0v) is 6.02. The molecule has 50 valence electrons.